The number of fused-ring (bicyclic) bond motifs is 1. The van der Waals surface area contributed by atoms with Crippen LogP contribution in [-0.2, 0) is 0 Å². The van der Waals surface area contributed by atoms with Crippen LogP contribution in [0.5, 0.6) is 0 Å². The molecule has 3 aromatic rings. The van der Waals surface area contributed by atoms with Gasteiger partial charge in [-0.1, -0.05) is 0 Å². The minimum absolute atomic E-state index is 0.653. The average molecular weight is 266 g/mol. The summed E-state index contributed by atoms with van der Waals surface area (Å²) in [5, 5.41) is 11.9. The van der Waals surface area contributed by atoms with Gasteiger partial charge in [0.1, 0.15) is 17.0 Å². The predicted octanol–water partition coefficient (Wildman–Crippen LogP) is 3.33. The maximum absolute atomic E-state index is 8.81. The molecule has 0 bridgehead atoms. The average Bonchev–Trinajstić information content (AvgIpc) is 2.95. The minimum atomic E-state index is 0.653. The molecule has 2 aromatic heterocycles. The van der Waals surface area contributed by atoms with E-state index in [2.05, 4.69) is 16.0 Å². The van der Waals surface area contributed by atoms with Crippen molar-refractivity contribution in [2.75, 3.05) is 11.9 Å². The molecule has 92 valence electrons. The third-order valence-electron chi connectivity index (χ3n) is 2.94. The molecule has 0 saturated carbocycles. The Bertz CT molecular complexity index is 755. The SMILES string of the molecule is CN(c1ccc(C#N)cc1)c1ncnc2sccc12. The Labute approximate surface area is 114 Å². The maximum atomic E-state index is 8.81. The summed E-state index contributed by atoms with van der Waals surface area (Å²) in [6, 6.07) is 11.6. The number of nitriles is 1. The van der Waals surface area contributed by atoms with Crippen molar-refractivity contribution in [1.29, 1.82) is 5.26 Å². The van der Waals surface area contributed by atoms with Gasteiger partial charge >= 0.3 is 0 Å². The quantitative estimate of drug-likeness (QED) is 0.714. The van der Waals surface area contributed by atoms with Crippen molar-refractivity contribution in [2.45, 2.75) is 0 Å². The summed E-state index contributed by atoms with van der Waals surface area (Å²) < 4.78 is 0. The first-order valence-electron chi connectivity index (χ1n) is 5.71. The predicted molar refractivity (Wildman–Crippen MR) is 76.6 cm³/mol. The zero-order chi connectivity index (χ0) is 13.2. The fraction of sp³-hybridized carbons (Fsp3) is 0.0714. The molecule has 1 aromatic carbocycles. The Balaban J connectivity index is 2.05. The molecule has 0 atom stereocenters. The first kappa shape index (κ1) is 11.6. The zero-order valence-electron chi connectivity index (χ0n) is 10.2. The Kier molecular flexibility index (Phi) is 2.86. The molecule has 2 heterocycles. The van der Waals surface area contributed by atoms with Crippen LogP contribution in [0.25, 0.3) is 10.2 Å². The van der Waals surface area contributed by atoms with Crippen molar-refractivity contribution in [3.05, 3.63) is 47.6 Å². The van der Waals surface area contributed by atoms with Crippen LogP contribution < -0.4 is 4.90 Å². The van der Waals surface area contributed by atoms with Crippen LogP contribution in [0.15, 0.2) is 42.0 Å². The third-order valence-corrected chi connectivity index (χ3v) is 3.76. The molecule has 0 unspecified atom stereocenters. The van der Waals surface area contributed by atoms with E-state index in [9.17, 15) is 0 Å². The highest BCUT2D eigenvalue weighted by Gasteiger charge is 2.10. The number of rotatable bonds is 2. The molecule has 5 heteroatoms. The van der Waals surface area contributed by atoms with Crippen molar-refractivity contribution in [2.24, 2.45) is 0 Å². The minimum Gasteiger partial charge on any atom is -0.329 e. The summed E-state index contributed by atoms with van der Waals surface area (Å²) in [6.07, 6.45) is 1.58. The smallest absolute Gasteiger partial charge is 0.144 e. The van der Waals surface area contributed by atoms with E-state index in [1.165, 1.54) is 0 Å². The zero-order valence-corrected chi connectivity index (χ0v) is 11.1. The number of anilines is 2. The molecule has 4 nitrogen and oxygen atoms in total. The highest BCUT2D eigenvalue weighted by atomic mass is 32.1. The van der Waals surface area contributed by atoms with Crippen LogP contribution >= 0.6 is 11.3 Å². The summed E-state index contributed by atoms with van der Waals surface area (Å²) in [6.45, 7) is 0. The molecular weight excluding hydrogens is 256 g/mol. The highest BCUT2D eigenvalue weighted by molar-refractivity contribution is 7.16. The first-order chi connectivity index (χ1) is 9.29. The Hall–Kier alpha value is -2.45. The van der Waals surface area contributed by atoms with Crippen molar-refractivity contribution in [3.63, 3.8) is 0 Å². The Morgan fingerprint density at radius 1 is 1.16 bits per heavy atom. The van der Waals surface area contributed by atoms with E-state index < -0.39 is 0 Å². The molecule has 0 radical (unpaired) electrons. The summed E-state index contributed by atoms with van der Waals surface area (Å²) in [7, 11) is 1.96. The Morgan fingerprint density at radius 2 is 1.95 bits per heavy atom. The lowest BCUT2D eigenvalue weighted by atomic mass is 10.2. The van der Waals surface area contributed by atoms with Gasteiger partial charge < -0.3 is 4.90 Å². The number of hydrogen-bond acceptors (Lipinski definition) is 5. The van der Waals surface area contributed by atoms with Crippen molar-refractivity contribution in [3.8, 4) is 6.07 Å². The van der Waals surface area contributed by atoms with Crippen LogP contribution in [0.3, 0.4) is 0 Å². The molecule has 19 heavy (non-hydrogen) atoms. The van der Waals surface area contributed by atoms with E-state index in [-0.39, 0.29) is 0 Å². The van der Waals surface area contributed by atoms with E-state index in [1.54, 1.807) is 29.8 Å². The maximum Gasteiger partial charge on any atom is 0.144 e. The lowest BCUT2D eigenvalue weighted by molar-refractivity contribution is 1.11. The van der Waals surface area contributed by atoms with Gasteiger partial charge in [-0.3, -0.25) is 0 Å². The lowest BCUT2D eigenvalue weighted by Gasteiger charge is -2.18. The number of hydrogen-bond donors (Lipinski definition) is 0. The van der Waals surface area contributed by atoms with E-state index in [0.29, 0.717) is 5.56 Å². The van der Waals surface area contributed by atoms with E-state index >= 15 is 0 Å². The van der Waals surface area contributed by atoms with Crippen molar-refractivity contribution < 1.29 is 0 Å². The molecule has 0 aliphatic heterocycles. The van der Waals surface area contributed by atoms with Crippen LogP contribution in [0.4, 0.5) is 11.5 Å². The van der Waals surface area contributed by atoms with Gasteiger partial charge in [-0.2, -0.15) is 5.26 Å². The summed E-state index contributed by atoms with van der Waals surface area (Å²) in [5.41, 5.74) is 1.64. The fourth-order valence-corrected chi connectivity index (χ4v) is 2.65. The number of thiophene rings is 1. The largest absolute Gasteiger partial charge is 0.329 e. The second-order valence-corrected chi connectivity index (χ2v) is 4.95. The molecule has 0 amide bonds. The van der Waals surface area contributed by atoms with Crippen LogP contribution in [0.2, 0.25) is 0 Å². The second-order valence-electron chi connectivity index (χ2n) is 4.05. The van der Waals surface area contributed by atoms with Crippen LogP contribution in [0, 0.1) is 11.3 Å². The summed E-state index contributed by atoms with van der Waals surface area (Å²) in [5.74, 6) is 0.871. The standard InChI is InChI=1S/C14H10N4S/c1-18(11-4-2-10(8-15)3-5-11)13-12-6-7-19-14(12)17-9-16-13/h2-7,9H,1H3. The highest BCUT2D eigenvalue weighted by Crippen LogP contribution is 2.30. The molecule has 0 saturated heterocycles. The van der Waals surface area contributed by atoms with Crippen LogP contribution in [0.1, 0.15) is 5.56 Å². The third kappa shape index (κ3) is 2.02. The molecule has 0 fully saturated rings. The Morgan fingerprint density at radius 3 is 2.68 bits per heavy atom. The van der Waals surface area contributed by atoms with Crippen molar-refractivity contribution >= 4 is 33.1 Å². The monoisotopic (exact) mass is 266 g/mol. The van der Waals surface area contributed by atoms with Gasteiger partial charge in [0.05, 0.1) is 17.0 Å². The summed E-state index contributed by atoms with van der Waals surface area (Å²) in [4.78, 5) is 11.6. The number of nitrogens with zero attached hydrogens (tertiary/aromatic N) is 4. The van der Waals surface area contributed by atoms with Crippen molar-refractivity contribution in [1.82, 2.24) is 9.97 Å². The van der Waals surface area contributed by atoms with Gasteiger partial charge in [-0.15, -0.1) is 11.3 Å². The van der Waals surface area contributed by atoms with Gasteiger partial charge in [0.2, 0.25) is 0 Å². The van der Waals surface area contributed by atoms with Gasteiger partial charge in [0.15, 0.2) is 0 Å². The second kappa shape index (κ2) is 4.67. The number of aromatic nitrogens is 2. The van der Waals surface area contributed by atoms with E-state index in [1.807, 2.05) is 35.5 Å². The molecule has 0 spiro atoms. The first-order valence-corrected chi connectivity index (χ1v) is 6.59. The van der Waals surface area contributed by atoms with Crippen LogP contribution in [-0.4, -0.2) is 17.0 Å². The topological polar surface area (TPSA) is 52.8 Å². The molecule has 3 rings (SSSR count). The van der Waals surface area contributed by atoms with Gasteiger partial charge in [0.25, 0.3) is 0 Å². The fourth-order valence-electron chi connectivity index (χ4n) is 1.93. The van der Waals surface area contributed by atoms with Gasteiger partial charge in [-0.05, 0) is 35.7 Å². The van der Waals surface area contributed by atoms with E-state index in [4.69, 9.17) is 5.26 Å². The van der Waals surface area contributed by atoms with E-state index in [0.717, 1.165) is 21.7 Å². The molecule has 0 aliphatic rings. The molecule has 0 N–H and O–H groups in total. The number of benzene rings is 1. The normalized spacial score (nSPS) is 10.3. The molecular formula is C14H10N4S. The molecule has 0 aliphatic carbocycles. The van der Waals surface area contributed by atoms with Gasteiger partial charge in [0, 0.05) is 12.7 Å². The van der Waals surface area contributed by atoms with Gasteiger partial charge in [-0.25, -0.2) is 9.97 Å². The summed E-state index contributed by atoms with van der Waals surface area (Å²) >= 11 is 1.60. The lowest BCUT2D eigenvalue weighted by Crippen LogP contribution is -2.11.